The van der Waals surface area contributed by atoms with Crippen LogP contribution in [0.15, 0.2) is 47.4 Å². The second kappa shape index (κ2) is 8.25. The van der Waals surface area contributed by atoms with E-state index in [0.717, 1.165) is 37.6 Å². The molecule has 2 N–H and O–H groups in total. The first kappa shape index (κ1) is 20.6. The van der Waals surface area contributed by atoms with Crippen molar-refractivity contribution in [2.75, 3.05) is 48.5 Å². The van der Waals surface area contributed by atoms with Gasteiger partial charge in [-0.1, -0.05) is 6.07 Å². The molecule has 1 saturated heterocycles. The highest BCUT2D eigenvalue weighted by molar-refractivity contribution is 7.89. The Hall–Kier alpha value is -2.62. The Labute approximate surface area is 176 Å². The number of nitrogens with zero attached hydrogens (tertiary/aromatic N) is 2. The lowest BCUT2D eigenvalue weighted by atomic mass is 10.1. The molecule has 160 valence electrons. The van der Waals surface area contributed by atoms with Crippen molar-refractivity contribution in [2.45, 2.75) is 24.3 Å². The fourth-order valence-corrected chi connectivity index (χ4v) is 4.69. The van der Waals surface area contributed by atoms with Crippen LogP contribution in [0.4, 0.5) is 21.9 Å². The molecule has 2 aromatic carbocycles. The molecular weight excluding hydrogens is 404 g/mol. The maximum Gasteiger partial charge on any atom is 0.326 e. The number of nitrogens with one attached hydrogen (secondary N) is 2. The fraction of sp³-hybridized carbons (Fsp3) is 0.381. The highest BCUT2D eigenvalue weighted by atomic mass is 32.2. The molecule has 0 radical (unpaired) electrons. The van der Waals surface area contributed by atoms with Gasteiger partial charge in [0.05, 0.1) is 23.8 Å². The second-order valence-electron chi connectivity index (χ2n) is 7.50. The van der Waals surface area contributed by atoms with Crippen LogP contribution in [-0.2, 0) is 21.2 Å². The molecule has 0 aromatic heterocycles. The molecule has 2 amide bonds. The molecule has 2 aliphatic rings. The standard InChI is InChI=1S/C21H26N4O4S/c1-15-13-16-3-8-19(30(27,28)22-2)14-20(16)25(15)21(26)23-17-4-6-18(7-5-17)24-9-11-29-12-10-24/h3-8,14-15,22H,9-13H2,1-2H3,(H,23,26). The maximum absolute atomic E-state index is 13.0. The summed E-state index contributed by atoms with van der Waals surface area (Å²) >= 11 is 0. The van der Waals surface area contributed by atoms with Crippen molar-refractivity contribution in [2.24, 2.45) is 0 Å². The molecule has 9 heteroatoms. The number of amides is 2. The predicted molar refractivity (Wildman–Crippen MR) is 117 cm³/mol. The molecular formula is C21H26N4O4S. The molecule has 4 rings (SSSR count). The summed E-state index contributed by atoms with van der Waals surface area (Å²) in [5.74, 6) is 0. The third kappa shape index (κ3) is 4.00. The van der Waals surface area contributed by atoms with Crippen molar-refractivity contribution < 1.29 is 17.9 Å². The summed E-state index contributed by atoms with van der Waals surface area (Å²) in [6.07, 6.45) is 0.679. The van der Waals surface area contributed by atoms with E-state index in [1.807, 2.05) is 31.2 Å². The number of fused-ring (bicyclic) bond motifs is 1. The topological polar surface area (TPSA) is 91.0 Å². The van der Waals surface area contributed by atoms with Crippen molar-refractivity contribution in [1.82, 2.24) is 4.72 Å². The van der Waals surface area contributed by atoms with Crippen LogP contribution in [0, 0.1) is 0 Å². The average Bonchev–Trinajstić information content (AvgIpc) is 3.10. The molecule has 0 saturated carbocycles. The van der Waals surface area contributed by atoms with E-state index in [9.17, 15) is 13.2 Å². The monoisotopic (exact) mass is 430 g/mol. The van der Waals surface area contributed by atoms with Crippen LogP contribution >= 0.6 is 0 Å². The number of ether oxygens (including phenoxy) is 1. The van der Waals surface area contributed by atoms with Gasteiger partial charge < -0.3 is 15.0 Å². The zero-order chi connectivity index (χ0) is 21.3. The van der Waals surface area contributed by atoms with Gasteiger partial charge in [-0.2, -0.15) is 0 Å². The van der Waals surface area contributed by atoms with Crippen molar-refractivity contribution in [1.29, 1.82) is 0 Å². The van der Waals surface area contributed by atoms with Gasteiger partial charge in [0.2, 0.25) is 10.0 Å². The smallest absolute Gasteiger partial charge is 0.326 e. The van der Waals surface area contributed by atoms with Crippen molar-refractivity contribution in [3.05, 3.63) is 48.0 Å². The van der Waals surface area contributed by atoms with E-state index in [1.165, 1.54) is 7.05 Å². The number of urea groups is 1. The fourth-order valence-electron chi connectivity index (χ4n) is 3.94. The van der Waals surface area contributed by atoms with Gasteiger partial charge in [0.1, 0.15) is 0 Å². The summed E-state index contributed by atoms with van der Waals surface area (Å²) in [5.41, 5.74) is 3.37. The highest BCUT2D eigenvalue weighted by Crippen LogP contribution is 2.34. The number of morpholine rings is 1. The minimum atomic E-state index is -3.58. The van der Waals surface area contributed by atoms with Crippen LogP contribution < -0.4 is 19.8 Å². The Morgan fingerprint density at radius 1 is 1.10 bits per heavy atom. The summed E-state index contributed by atoms with van der Waals surface area (Å²) in [6, 6.07) is 12.3. The van der Waals surface area contributed by atoms with Crippen LogP contribution in [-0.4, -0.2) is 53.8 Å². The number of benzene rings is 2. The number of hydrogen-bond acceptors (Lipinski definition) is 5. The minimum absolute atomic E-state index is 0.0693. The number of anilines is 3. The highest BCUT2D eigenvalue weighted by Gasteiger charge is 2.32. The molecule has 1 unspecified atom stereocenters. The largest absolute Gasteiger partial charge is 0.378 e. The van der Waals surface area contributed by atoms with Crippen LogP contribution in [0.5, 0.6) is 0 Å². The molecule has 2 heterocycles. The molecule has 2 aliphatic heterocycles. The molecule has 0 spiro atoms. The van der Waals surface area contributed by atoms with E-state index in [-0.39, 0.29) is 17.0 Å². The molecule has 30 heavy (non-hydrogen) atoms. The van der Waals surface area contributed by atoms with E-state index in [1.54, 1.807) is 23.1 Å². The Morgan fingerprint density at radius 2 is 1.80 bits per heavy atom. The SMILES string of the molecule is CNS(=O)(=O)c1ccc2c(c1)N(C(=O)Nc1ccc(N3CCOCC3)cc1)C(C)C2. The summed E-state index contributed by atoms with van der Waals surface area (Å²) < 4.78 is 32.0. The number of hydrogen-bond donors (Lipinski definition) is 2. The Bertz CT molecular complexity index is 1030. The van der Waals surface area contributed by atoms with Gasteiger partial charge in [-0.15, -0.1) is 0 Å². The lowest BCUT2D eigenvalue weighted by molar-refractivity contribution is 0.122. The van der Waals surface area contributed by atoms with Gasteiger partial charge in [-0.3, -0.25) is 4.90 Å². The van der Waals surface area contributed by atoms with Gasteiger partial charge in [0.25, 0.3) is 0 Å². The van der Waals surface area contributed by atoms with Gasteiger partial charge >= 0.3 is 6.03 Å². The molecule has 2 aromatic rings. The number of sulfonamides is 1. The minimum Gasteiger partial charge on any atom is -0.378 e. The van der Waals surface area contributed by atoms with E-state index in [0.29, 0.717) is 17.8 Å². The third-order valence-electron chi connectivity index (χ3n) is 5.57. The molecule has 0 bridgehead atoms. The average molecular weight is 431 g/mol. The van der Waals surface area contributed by atoms with E-state index < -0.39 is 10.0 Å². The zero-order valence-corrected chi connectivity index (χ0v) is 17.9. The Morgan fingerprint density at radius 3 is 2.47 bits per heavy atom. The maximum atomic E-state index is 13.0. The second-order valence-corrected chi connectivity index (χ2v) is 9.38. The van der Waals surface area contributed by atoms with E-state index in [2.05, 4.69) is 14.9 Å². The molecule has 1 atom stereocenters. The normalized spacial score (nSPS) is 18.9. The predicted octanol–water partition coefficient (Wildman–Crippen LogP) is 2.41. The van der Waals surface area contributed by atoms with Crippen molar-refractivity contribution in [3.8, 4) is 0 Å². The van der Waals surface area contributed by atoms with Gasteiger partial charge in [-0.25, -0.2) is 17.9 Å². The number of rotatable bonds is 4. The first-order valence-corrected chi connectivity index (χ1v) is 11.5. The lowest BCUT2D eigenvalue weighted by Crippen LogP contribution is -2.39. The summed E-state index contributed by atoms with van der Waals surface area (Å²) in [7, 11) is -2.21. The summed E-state index contributed by atoms with van der Waals surface area (Å²) in [6.45, 7) is 5.09. The van der Waals surface area contributed by atoms with Crippen LogP contribution in [0.25, 0.3) is 0 Å². The first-order chi connectivity index (χ1) is 14.4. The van der Waals surface area contributed by atoms with Crippen LogP contribution in [0.2, 0.25) is 0 Å². The number of carbonyl (C=O) groups is 1. The third-order valence-corrected chi connectivity index (χ3v) is 6.98. The van der Waals surface area contributed by atoms with Gasteiger partial charge in [0, 0.05) is 30.5 Å². The van der Waals surface area contributed by atoms with Crippen molar-refractivity contribution >= 4 is 33.1 Å². The summed E-state index contributed by atoms with van der Waals surface area (Å²) in [4.78, 5) is 17.0. The number of carbonyl (C=O) groups excluding carboxylic acids is 1. The zero-order valence-electron chi connectivity index (χ0n) is 17.1. The Balaban J connectivity index is 1.52. The van der Waals surface area contributed by atoms with Gasteiger partial charge in [-0.05, 0) is 62.4 Å². The van der Waals surface area contributed by atoms with Gasteiger partial charge in [0.15, 0.2) is 0 Å². The van der Waals surface area contributed by atoms with Crippen molar-refractivity contribution in [3.63, 3.8) is 0 Å². The molecule has 0 aliphatic carbocycles. The lowest BCUT2D eigenvalue weighted by Gasteiger charge is -2.29. The summed E-state index contributed by atoms with van der Waals surface area (Å²) in [5, 5.41) is 2.94. The van der Waals surface area contributed by atoms with E-state index >= 15 is 0 Å². The molecule has 1 fully saturated rings. The first-order valence-electron chi connectivity index (χ1n) is 9.98. The van der Waals surface area contributed by atoms with E-state index in [4.69, 9.17) is 4.74 Å². The Kier molecular flexibility index (Phi) is 5.68. The van der Waals surface area contributed by atoms with Crippen LogP contribution in [0.3, 0.4) is 0 Å². The molecule has 8 nitrogen and oxygen atoms in total. The quantitative estimate of drug-likeness (QED) is 0.777. The van der Waals surface area contributed by atoms with Crippen LogP contribution in [0.1, 0.15) is 12.5 Å².